The second kappa shape index (κ2) is 6.93. The van der Waals surface area contributed by atoms with Crippen molar-refractivity contribution in [3.05, 3.63) is 68.5 Å². The molecule has 2 aromatic rings. The van der Waals surface area contributed by atoms with Gasteiger partial charge in [0.15, 0.2) is 0 Å². The Morgan fingerprint density at radius 3 is 2.83 bits per heavy atom. The molecule has 1 aliphatic rings. The van der Waals surface area contributed by atoms with E-state index in [1.165, 1.54) is 4.57 Å². The van der Waals surface area contributed by atoms with Gasteiger partial charge in [-0.3, -0.25) is 14.3 Å². The van der Waals surface area contributed by atoms with E-state index in [9.17, 15) is 9.59 Å². The SMILES string of the molecule is Cc1cn([C@H]2CC[C@@H](COCc3ccccc3)O2)c(=O)[nH]c1=O. The van der Waals surface area contributed by atoms with Gasteiger partial charge in [-0.1, -0.05) is 30.3 Å². The summed E-state index contributed by atoms with van der Waals surface area (Å²) in [6.45, 7) is 2.70. The summed E-state index contributed by atoms with van der Waals surface area (Å²) < 4.78 is 13.0. The Balaban J connectivity index is 1.55. The molecule has 122 valence electrons. The van der Waals surface area contributed by atoms with Gasteiger partial charge in [-0.2, -0.15) is 0 Å². The highest BCUT2D eigenvalue weighted by molar-refractivity contribution is 5.13. The second-order valence-electron chi connectivity index (χ2n) is 5.77. The summed E-state index contributed by atoms with van der Waals surface area (Å²) in [4.78, 5) is 25.6. The van der Waals surface area contributed by atoms with Crippen LogP contribution in [0.15, 0.2) is 46.1 Å². The third-order valence-corrected chi connectivity index (χ3v) is 3.96. The third-order valence-electron chi connectivity index (χ3n) is 3.96. The zero-order valence-corrected chi connectivity index (χ0v) is 13.0. The Bertz CT molecular complexity index is 766. The predicted molar refractivity (Wildman–Crippen MR) is 85.3 cm³/mol. The van der Waals surface area contributed by atoms with Gasteiger partial charge < -0.3 is 9.47 Å². The fourth-order valence-electron chi connectivity index (χ4n) is 2.70. The molecule has 1 N–H and O–H groups in total. The first-order chi connectivity index (χ1) is 11.1. The lowest BCUT2D eigenvalue weighted by molar-refractivity contribution is -0.0463. The van der Waals surface area contributed by atoms with Crippen LogP contribution in [0, 0.1) is 6.92 Å². The second-order valence-corrected chi connectivity index (χ2v) is 5.77. The predicted octanol–water partition coefficient (Wildman–Crippen LogP) is 1.74. The summed E-state index contributed by atoms with van der Waals surface area (Å²) in [6.07, 6.45) is 2.72. The molecule has 1 fully saturated rings. The molecule has 0 amide bonds. The van der Waals surface area contributed by atoms with Gasteiger partial charge in [0, 0.05) is 11.8 Å². The van der Waals surface area contributed by atoms with Crippen molar-refractivity contribution in [3.63, 3.8) is 0 Å². The van der Waals surface area contributed by atoms with E-state index >= 15 is 0 Å². The van der Waals surface area contributed by atoms with Crippen LogP contribution in [0.4, 0.5) is 0 Å². The van der Waals surface area contributed by atoms with Crippen molar-refractivity contribution in [2.24, 2.45) is 0 Å². The molecule has 0 spiro atoms. The lowest BCUT2D eigenvalue weighted by atomic mass is 10.2. The van der Waals surface area contributed by atoms with E-state index in [4.69, 9.17) is 9.47 Å². The molecule has 0 bridgehead atoms. The number of rotatable bonds is 5. The number of benzene rings is 1. The van der Waals surface area contributed by atoms with Crippen molar-refractivity contribution >= 4 is 0 Å². The minimum Gasteiger partial charge on any atom is -0.374 e. The summed E-state index contributed by atoms with van der Waals surface area (Å²) in [5.74, 6) is 0. The molecule has 1 aromatic carbocycles. The maximum atomic E-state index is 11.9. The molecule has 0 aliphatic carbocycles. The fourth-order valence-corrected chi connectivity index (χ4v) is 2.70. The van der Waals surface area contributed by atoms with Gasteiger partial charge in [-0.15, -0.1) is 0 Å². The number of aromatic nitrogens is 2. The molecular weight excluding hydrogens is 296 g/mol. The normalized spacial score (nSPS) is 20.7. The van der Waals surface area contributed by atoms with E-state index in [1.54, 1.807) is 13.1 Å². The molecule has 0 saturated carbocycles. The smallest absolute Gasteiger partial charge is 0.330 e. The average Bonchev–Trinajstić information content (AvgIpc) is 3.00. The van der Waals surface area contributed by atoms with Gasteiger partial charge in [0.25, 0.3) is 5.56 Å². The highest BCUT2D eigenvalue weighted by Gasteiger charge is 2.27. The molecule has 1 aliphatic heterocycles. The minimum absolute atomic E-state index is 0.0390. The highest BCUT2D eigenvalue weighted by Crippen LogP contribution is 2.27. The quantitative estimate of drug-likeness (QED) is 0.912. The van der Waals surface area contributed by atoms with Crippen LogP contribution in [-0.4, -0.2) is 22.3 Å². The molecule has 0 unspecified atom stereocenters. The van der Waals surface area contributed by atoms with Crippen LogP contribution in [0.1, 0.15) is 30.2 Å². The summed E-state index contributed by atoms with van der Waals surface area (Å²) in [5, 5.41) is 0. The molecule has 1 aromatic heterocycles. The summed E-state index contributed by atoms with van der Waals surface area (Å²) in [6, 6.07) is 9.96. The average molecular weight is 316 g/mol. The minimum atomic E-state index is -0.434. The van der Waals surface area contributed by atoms with Gasteiger partial charge in [0.1, 0.15) is 6.23 Å². The zero-order chi connectivity index (χ0) is 16.2. The molecule has 2 atom stereocenters. The van der Waals surface area contributed by atoms with Crippen molar-refractivity contribution < 1.29 is 9.47 Å². The molecule has 1 saturated heterocycles. The maximum absolute atomic E-state index is 11.9. The van der Waals surface area contributed by atoms with E-state index in [0.717, 1.165) is 18.4 Å². The number of hydrogen-bond donors (Lipinski definition) is 1. The molecule has 0 radical (unpaired) electrons. The Hall–Kier alpha value is -2.18. The molecule has 3 rings (SSSR count). The van der Waals surface area contributed by atoms with Crippen molar-refractivity contribution in [1.82, 2.24) is 9.55 Å². The van der Waals surface area contributed by atoms with Crippen LogP contribution >= 0.6 is 0 Å². The highest BCUT2D eigenvalue weighted by atomic mass is 16.6. The summed E-state index contributed by atoms with van der Waals surface area (Å²) >= 11 is 0. The fraction of sp³-hybridized carbons (Fsp3) is 0.412. The number of H-pyrrole nitrogens is 1. The van der Waals surface area contributed by atoms with Crippen molar-refractivity contribution in [2.45, 2.75) is 38.7 Å². The Morgan fingerprint density at radius 1 is 1.26 bits per heavy atom. The lowest BCUT2D eigenvalue weighted by Gasteiger charge is -2.16. The first kappa shape index (κ1) is 15.7. The largest absolute Gasteiger partial charge is 0.374 e. The Kier molecular flexibility index (Phi) is 4.73. The van der Waals surface area contributed by atoms with Gasteiger partial charge in [0.2, 0.25) is 0 Å². The van der Waals surface area contributed by atoms with Gasteiger partial charge in [-0.25, -0.2) is 4.79 Å². The first-order valence-electron chi connectivity index (χ1n) is 7.72. The van der Waals surface area contributed by atoms with Gasteiger partial charge in [-0.05, 0) is 25.3 Å². The summed E-state index contributed by atoms with van der Waals surface area (Å²) in [7, 11) is 0. The molecule has 2 heterocycles. The number of nitrogens with one attached hydrogen (secondary N) is 1. The third kappa shape index (κ3) is 3.78. The van der Waals surface area contributed by atoms with Gasteiger partial charge in [0.05, 0.1) is 19.3 Å². The standard InChI is InChI=1S/C17H20N2O4/c1-12-9-19(17(21)18-16(12)20)15-8-7-14(23-15)11-22-10-13-5-3-2-4-6-13/h2-6,9,14-15H,7-8,10-11H2,1H3,(H,18,20,21)/t14-,15+/m0/s1. The van der Waals surface area contributed by atoms with Gasteiger partial charge >= 0.3 is 5.69 Å². The van der Waals surface area contributed by atoms with E-state index in [1.807, 2.05) is 30.3 Å². The molecule has 6 heteroatoms. The van der Waals surface area contributed by atoms with Crippen molar-refractivity contribution in [1.29, 1.82) is 0 Å². The zero-order valence-electron chi connectivity index (χ0n) is 13.0. The van der Waals surface area contributed by atoms with E-state index < -0.39 is 5.69 Å². The van der Waals surface area contributed by atoms with Crippen LogP contribution in [0.25, 0.3) is 0 Å². The number of nitrogens with zero attached hydrogens (tertiary/aromatic N) is 1. The van der Waals surface area contributed by atoms with E-state index in [2.05, 4.69) is 4.98 Å². The van der Waals surface area contributed by atoms with Crippen LogP contribution in [-0.2, 0) is 16.1 Å². The van der Waals surface area contributed by atoms with Crippen molar-refractivity contribution in [3.8, 4) is 0 Å². The number of ether oxygens (including phenoxy) is 2. The number of aryl methyl sites for hydroxylation is 1. The van der Waals surface area contributed by atoms with E-state index in [0.29, 0.717) is 18.8 Å². The molecule has 23 heavy (non-hydrogen) atoms. The first-order valence-corrected chi connectivity index (χ1v) is 7.72. The number of hydrogen-bond acceptors (Lipinski definition) is 4. The summed E-state index contributed by atoms with van der Waals surface area (Å²) in [5.41, 5.74) is 0.829. The monoisotopic (exact) mass is 316 g/mol. The molecular formula is C17H20N2O4. The molecule has 6 nitrogen and oxygen atoms in total. The van der Waals surface area contributed by atoms with Crippen LogP contribution < -0.4 is 11.2 Å². The van der Waals surface area contributed by atoms with Crippen LogP contribution in [0.3, 0.4) is 0 Å². The lowest BCUT2D eigenvalue weighted by Crippen LogP contribution is -2.33. The van der Waals surface area contributed by atoms with Crippen LogP contribution in [0.2, 0.25) is 0 Å². The van der Waals surface area contributed by atoms with Crippen molar-refractivity contribution in [2.75, 3.05) is 6.61 Å². The maximum Gasteiger partial charge on any atom is 0.330 e. The number of aromatic amines is 1. The Morgan fingerprint density at radius 2 is 2.04 bits per heavy atom. The topological polar surface area (TPSA) is 73.3 Å². The van der Waals surface area contributed by atoms with E-state index in [-0.39, 0.29) is 17.9 Å². The Labute approximate surface area is 133 Å². The van der Waals surface area contributed by atoms with Crippen LogP contribution in [0.5, 0.6) is 0 Å².